The zero-order valence-electron chi connectivity index (χ0n) is 12.1. The number of para-hydroxylation sites is 1. The minimum Gasteiger partial charge on any atom is -0.476 e. The van der Waals surface area contributed by atoms with E-state index in [1.54, 1.807) is 24.3 Å². The van der Waals surface area contributed by atoms with Crippen LogP contribution in [0, 0.1) is 0 Å². The summed E-state index contributed by atoms with van der Waals surface area (Å²) in [5, 5.41) is 18.3. The molecular weight excluding hydrogens is 306 g/mol. The van der Waals surface area contributed by atoms with Crippen molar-refractivity contribution in [3.05, 3.63) is 35.0 Å². The molecule has 8 heteroatoms. The molecule has 1 aromatic heterocycles. The molecule has 0 atom stereocenters. The van der Waals surface area contributed by atoms with Gasteiger partial charge in [-0.15, -0.1) is 15.0 Å². The van der Waals surface area contributed by atoms with Crippen molar-refractivity contribution < 1.29 is 9.90 Å². The van der Waals surface area contributed by atoms with Crippen LogP contribution in [-0.2, 0) is 0 Å². The van der Waals surface area contributed by atoms with Gasteiger partial charge in [0, 0.05) is 26.2 Å². The monoisotopic (exact) mass is 321 g/mol. The normalized spacial score (nSPS) is 16.0. The first-order valence-corrected chi connectivity index (χ1v) is 7.33. The van der Waals surface area contributed by atoms with E-state index in [9.17, 15) is 9.90 Å². The quantitative estimate of drug-likeness (QED) is 0.920. The smallest absolute Gasteiger partial charge is 0.360 e. The van der Waals surface area contributed by atoms with Gasteiger partial charge in [0.2, 0.25) is 5.69 Å². The molecule has 0 radical (unpaired) electrons. The number of carbonyl (C=O) groups is 1. The number of likely N-dealkylation sites (N-methyl/N-ethyl adjacent to an activating group) is 1. The number of hydrogen-bond acceptors (Lipinski definition) is 5. The van der Waals surface area contributed by atoms with Crippen molar-refractivity contribution >= 4 is 23.4 Å². The number of aromatic carboxylic acids is 1. The molecule has 1 N–H and O–H groups in total. The van der Waals surface area contributed by atoms with Gasteiger partial charge < -0.3 is 14.9 Å². The van der Waals surface area contributed by atoms with E-state index in [-0.39, 0.29) is 5.69 Å². The fourth-order valence-corrected chi connectivity index (χ4v) is 2.60. The van der Waals surface area contributed by atoms with Crippen LogP contribution in [0.4, 0.5) is 5.82 Å². The van der Waals surface area contributed by atoms with Crippen LogP contribution in [0.3, 0.4) is 0 Å². The molecule has 116 valence electrons. The second-order valence-corrected chi connectivity index (χ2v) is 5.62. The highest BCUT2D eigenvalue weighted by atomic mass is 35.5. The van der Waals surface area contributed by atoms with Crippen molar-refractivity contribution in [2.24, 2.45) is 0 Å². The van der Waals surface area contributed by atoms with Crippen LogP contribution >= 0.6 is 11.6 Å². The fourth-order valence-electron chi connectivity index (χ4n) is 2.39. The van der Waals surface area contributed by atoms with Gasteiger partial charge in [-0.3, -0.25) is 0 Å². The molecular formula is C14H16ClN5O2. The third kappa shape index (κ3) is 2.77. The zero-order valence-corrected chi connectivity index (χ0v) is 12.9. The van der Waals surface area contributed by atoms with E-state index in [1.807, 2.05) is 11.9 Å². The summed E-state index contributed by atoms with van der Waals surface area (Å²) in [6.07, 6.45) is 0. The molecule has 0 spiro atoms. The SMILES string of the molecule is CN1CCN(c2nn(-c3ccccc3Cl)nc2C(=O)O)CC1. The summed E-state index contributed by atoms with van der Waals surface area (Å²) in [7, 11) is 2.04. The number of anilines is 1. The molecule has 3 rings (SSSR count). The van der Waals surface area contributed by atoms with E-state index >= 15 is 0 Å². The number of rotatable bonds is 3. The molecule has 1 aliphatic rings. The van der Waals surface area contributed by atoms with Crippen LogP contribution in [0.15, 0.2) is 24.3 Å². The van der Waals surface area contributed by atoms with Crippen molar-refractivity contribution in [3.8, 4) is 5.69 Å². The average molecular weight is 322 g/mol. The molecule has 2 heterocycles. The van der Waals surface area contributed by atoms with Gasteiger partial charge in [0.15, 0.2) is 5.82 Å². The molecule has 0 unspecified atom stereocenters. The zero-order chi connectivity index (χ0) is 15.7. The summed E-state index contributed by atoms with van der Waals surface area (Å²) in [4.78, 5) is 16.9. The van der Waals surface area contributed by atoms with Gasteiger partial charge in [-0.2, -0.15) is 0 Å². The molecule has 0 amide bonds. The molecule has 1 fully saturated rings. The maximum atomic E-state index is 11.5. The van der Waals surface area contributed by atoms with Crippen molar-refractivity contribution in [1.29, 1.82) is 0 Å². The Morgan fingerprint density at radius 2 is 1.86 bits per heavy atom. The number of piperazine rings is 1. The highest BCUT2D eigenvalue weighted by molar-refractivity contribution is 6.32. The first kappa shape index (κ1) is 14.8. The largest absolute Gasteiger partial charge is 0.476 e. The first-order chi connectivity index (χ1) is 10.6. The second kappa shape index (κ2) is 5.94. The number of aromatic nitrogens is 3. The van der Waals surface area contributed by atoms with Gasteiger partial charge in [0.05, 0.1) is 5.02 Å². The minimum atomic E-state index is -1.09. The Hall–Kier alpha value is -2.12. The van der Waals surface area contributed by atoms with Crippen LogP contribution in [0.1, 0.15) is 10.5 Å². The summed E-state index contributed by atoms with van der Waals surface area (Å²) >= 11 is 6.14. The Morgan fingerprint density at radius 1 is 1.18 bits per heavy atom. The Balaban J connectivity index is 2.00. The predicted molar refractivity (Wildman–Crippen MR) is 83.0 cm³/mol. The lowest BCUT2D eigenvalue weighted by molar-refractivity contribution is 0.0690. The minimum absolute atomic E-state index is 0.0514. The summed E-state index contributed by atoms with van der Waals surface area (Å²) in [6.45, 7) is 3.16. The van der Waals surface area contributed by atoms with E-state index in [1.165, 1.54) is 4.80 Å². The van der Waals surface area contributed by atoms with Gasteiger partial charge in [0.25, 0.3) is 0 Å². The van der Waals surface area contributed by atoms with E-state index in [2.05, 4.69) is 15.1 Å². The van der Waals surface area contributed by atoms with Crippen LogP contribution < -0.4 is 4.90 Å². The number of carboxylic acid groups (broad SMARTS) is 1. The highest BCUT2D eigenvalue weighted by Gasteiger charge is 2.26. The van der Waals surface area contributed by atoms with E-state index in [0.29, 0.717) is 16.5 Å². The molecule has 0 bridgehead atoms. The van der Waals surface area contributed by atoms with Crippen molar-refractivity contribution in [2.45, 2.75) is 0 Å². The summed E-state index contributed by atoms with van der Waals surface area (Å²) in [5.74, 6) is -0.701. The molecule has 0 aliphatic carbocycles. The second-order valence-electron chi connectivity index (χ2n) is 5.21. The number of carboxylic acids is 1. The van der Waals surface area contributed by atoms with E-state index in [4.69, 9.17) is 11.6 Å². The first-order valence-electron chi connectivity index (χ1n) is 6.95. The van der Waals surface area contributed by atoms with Gasteiger partial charge in [-0.1, -0.05) is 23.7 Å². The van der Waals surface area contributed by atoms with Crippen molar-refractivity contribution in [3.63, 3.8) is 0 Å². The van der Waals surface area contributed by atoms with Crippen LogP contribution in [0.5, 0.6) is 0 Å². The number of halogens is 1. The predicted octanol–water partition coefficient (Wildman–Crippen LogP) is 1.37. The van der Waals surface area contributed by atoms with Gasteiger partial charge in [0.1, 0.15) is 5.69 Å². The molecule has 1 saturated heterocycles. The van der Waals surface area contributed by atoms with E-state index < -0.39 is 5.97 Å². The van der Waals surface area contributed by atoms with Crippen molar-refractivity contribution in [1.82, 2.24) is 19.9 Å². The maximum Gasteiger partial charge on any atom is 0.360 e. The number of benzene rings is 1. The Morgan fingerprint density at radius 3 is 2.50 bits per heavy atom. The third-order valence-electron chi connectivity index (χ3n) is 3.67. The molecule has 2 aromatic rings. The Kier molecular flexibility index (Phi) is 4.00. The van der Waals surface area contributed by atoms with Crippen LogP contribution in [-0.4, -0.2) is 64.2 Å². The Labute approximate surface area is 132 Å². The summed E-state index contributed by atoms with van der Waals surface area (Å²) in [6, 6.07) is 7.08. The van der Waals surface area contributed by atoms with Crippen LogP contribution in [0.2, 0.25) is 5.02 Å². The lowest BCUT2D eigenvalue weighted by Crippen LogP contribution is -2.45. The number of nitrogens with zero attached hydrogens (tertiary/aromatic N) is 5. The molecule has 1 aliphatic heterocycles. The fraction of sp³-hybridized carbons (Fsp3) is 0.357. The van der Waals surface area contributed by atoms with Crippen LogP contribution in [0.25, 0.3) is 5.69 Å². The average Bonchev–Trinajstić information content (AvgIpc) is 2.93. The molecule has 7 nitrogen and oxygen atoms in total. The topological polar surface area (TPSA) is 74.5 Å². The third-order valence-corrected chi connectivity index (χ3v) is 3.99. The lowest BCUT2D eigenvalue weighted by atomic mass is 10.3. The van der Waals surface area contributed by atoms with E-state index in [0.717, 1.165) is 26.2 Å². The standard InChI is InChI=1S/C14H16ClN5O2/c1-18-6-8-19(9-7-18)13-12(14(21)22)16-20(17-13)11-5-3-2-4-10(11)15/h2-5H,6-9H2,1H3,(H,21,22). The molecule has 22 heavy (non-hydrogen) atoms. The molecule has 1 aromatic carbocycles. The van der Waals surface area contributed by atoms with Gasteiger partial charge in [-0.25, -0.2) is 4.79 Å². The summed E-state index contributed by atoms with van der Waals surface area (Å²) < 4.78 is 0. The highest BCUT2D eigenvalue weighted by Crippen LogP contribution is 2.23. The Bertz CT molecular complexity index is 694. The molecule has 0 saturated carbocycles. The maximum absolute atomic E-state index is 11.5. The number of hydrogen-bond donors (Lipinski definition) is 1. The van der Waals surface area contributed by atoms with Gasteiger partial charge >= 0.3 is 5.97 Å². The van der Waals surface area contributed by atoms with Crippen molar-refractivity contribution in [2.75, 3.05) is 38.1 Å². The lowest BCUT2D eigenvalue weighted by Gasteiger charge is -2.32. The summed E-state index contributed by atoms with van der Waals surface area (Å²) in [5.41, 5.74) is 0.511. The van der Waals surface area contributed by atoms with Gasteiger partial charge in [-0.05, 0) is 19.2 Å².